The van der Waals surface area contributed by atoms with Crippen molar-refractivity contribution in [2.45, 2.75) is 6.42 Å². The first-order chi connectivity index (χ1) is 13.3. The second kappa shape index (κ2) is 8.06. The Hall–Kier alpha value is -3.11. The number of hydrogen-bond acceptors (Lipinski definition) is 3. The third-order valence-corrected chi connectivity index (χ3v) is 4.61. The summed E-state index contributed by atoms with van der Waals surface area (Å²) in [6, 6.07) is 22.2. The molecule has 27 heavy (non-hydrogen) atoms. The van der Waals surface area contributed by atoms with E-state index in [1.807, 2.05) is 54.9 Å². The molecule has 4 aromatic rings. The van der Waals surface area contributed by atoms with Gasteiger partial charge in [-0.05, 0) is 41.8 Å². The summed E-state index contributed by atoms with van der Waals surface area (Å²) in [7, 11) is 0. The van der Waals surface area contributed by atoms with Crippen molar-refractivity contribution < 1.29 is 0 Å². The molecule has 134 valence electrons. The molecule has 0 amide bonds. The summed E-state index contributed by atoms with van der Waals surface area (Å²) >= 11 is 6.14. The summed E-state index contributed by atoms with van der Waals surface area (Å²) in [5, 5.41) is 11.5. The Morgan fingerprint density at radius 2 is 1.81 bits per heavy atom. The number of benzene rings is 2. The van der Waals surface area contributed by atoms with Gasteiger partial charge in [-0.25, -0.2) is 4.98 Å². The number of halogens is 1. The molecule has 0 atom stereocenters. The van der Waals surface area contributed by atoms with Crippen LogP contribution in [0, 0.1) is 0 Å². The number of aromatic nitrogens is 3. The van der Waals surface area contributed by atoms with Gasteiger partial charge in [0.2, 0.25) is 0 Å². The third-order valence-electron chi connectivity index (χ3n) is 4.37. The van der Waals surface area contributed by atoms with Crippen molar-refractivity contribution in [3.8, 4) is 22.4 Å². The predicted molar refractivity (Wildman–Crippen MR) is 111 cm³/mol. The molecule has 0 bridgehead atoms. The van der Waals surface area contributed by atoms with Gasteiger partial charge < -0.3 is 5.32 Å². The molecule has 0 fully saturated rings. The van der Waals surface area contributed by atoms with Crippen molar-refractivity contribution in [1.29, 1.82) is 0 Å². The molecular formula is C22H19ClN4. The van der Waals surface area contributed by atoms with Gasteiger partial charge in [-0.3, -0.25) is 5.10 Å². The van der Waals surface area contributed by atoms with Crippen molar-refractivity contribution in [1.82, 2.24) is 15.2 Å². The second-order valence-corrected chi connectivity index (χ2v) is 6.69. The van der Waals surface area contributed by atoms with Gasteiger partial charge in [0.25, 0.3) is 0 Å². The van der Waals surface area contributed by atoms with E-state index in [4.69, 9.17) is 11.6 Å². The van der Waals surface area contributed by atoms with Crippen LogP contribution in [-0.2, 0) is 6.42 Å². The predicted octanol–water partition coefficient (Wildman–Crippen LogP) is 5.45. The van der Waals surface area contributed by atoms with Gasteiger partial charge in [0.05, 0.1) is 5.69 Å². The number of rotatable bonds is 6. The van der Waals surface area contributed by atoms with E-state index in [0.717, 1.165) is 41.2 Å². The van der Waals surface area contributed by atoms with Crippen LogP contribution in [0.4, 0.5) is 5.82 Å². The lowest BCUT2D eigenvalue weighted by Crippen LogP contribution is -2.06. The number of hydrogen-bond donors (Lipinski definition) is 2. The standard InChI is InChI=1S/C22H19ClN4/c23-19-8-4-7-18(13-19)22-20(15-26-27-22)17-10-12-25-21(14-17)24-11-9-16-5-2-1-3-6-16/h1-8,10,12-15H,9,11H2,(H,24,25)(H,26,27). The van der Waals surface area contributed by atoms with Crippen molar-refractivity contribution in [3.05, 3.63) is 89.7 Å². The summed E-state index contributed by atoms with van der Waals surface area (Å²) < 4.78 is 0. The summed E-state index contributed by atoms with van der Waals surface area (Å²) in [6.07, 6.45) is 4.67. The monoisotopic (exact) mass is 374 g/mol. The minimum absolute atomic E-state index is 0.694. The van der Waals surface area contributed by atoms with Gasteiger partial charge in [-0.2, -0.15) is 5.10 Å². The van der Waals surface area contributed by atoms with E-state index in [9.17, 15) is 0 Å². The average molecular weight is 375 g/mol. The van der Waals surface area contributed by atoms with Gasteiger partial charge in [0, 0.05) is 35.1 Å². The lowest BCUT2D eigenvalue weighted by Gasteiger charge is -2.08. The summed E-state index contributed by atoms with van der Waals surface area (Å²) in [5.74, 6) is 0.849. The van der Waals surface area contributed by atoms with Gasteiger partial charge >= 0.3 is 0 Å². The van der Waals surface area contributed by atoms with Crippen LogP contribution in [0.15, 0.2) is 79.1 Å². The second-order valence-electron chi connectivity index (χ2n) is 6.25. The van der Waals surface area contributed by atoms with E-state index in [1.54, 1.807) is 0 Å². The number of pyridine rings is 1. The van der Waals surface area contributed by atoms with E-state index in [-0.39, 0.29) is 0 Å². The molecule has 2 aromatic heterocycles. The Morgan fingerprint density at radius 1 is 0.926 bits per heavy atom. The van der Waals surface area contributed by atoms with E-state index >= 15 is 0 Å². The van der Waals surface area contributed by atoms with Gasteiger partial charge in [0.1, 0.15) is 5.82 Å². The molecule has 5 heteroatoms. The number of nitrogens with one attached hydrogen (secondary N) is 2. The highest BCUT2D eigenvalue weighted by atomic mass is 35.5. The fourth-order valence-electron chi connectivity index (χ4n) is 3.04. The average Bonchev–Trinajstić information content (AvgIpc) is 3.19. The van der Waals surface area contributed by atoms with E-state index in [1.165, 1.54) is 5.56 Å². The highest BCUT2D eigenvalue weighted by Crippen LogP contribution is 2.31. The van der Waals surface area contributed by atoms with Gasteiger partial charge in [-0.1, -0.05) is 54.1 Å². The van der Waals surface area contributed by atoms with Crippen LogP contribution in [0.3, 0.4) is 0 Å². The summed E-state index contributed by atoms with van der Waals surface area (Å²) in [5.41, 5.74) is 5.23. The Labute approximate surface area is 163 Å². The zero-order valence-corrected chi connectivity index (χ0v) is 15.4. The van der Waals surface area contributed by atoms with Gasteiger partial charge in [0.15, 0.2) is 0 Å². The summed E-state index contributed by atoms with van der Waals surface area (Å²) in [6.45, 7) is 0.826. The molecule has 0 radical (unpaired) electrons. The van der Waals surface area contributed by atoms with Crippen molar-refractivity contribution in [2.24, 2.45) is 0 Å². The molecule has 2 heterocycles. The minimum atomic E-state index is 0.694. The van der Waals surface area contributed by atoms with Crippen LogP contribution in [0.25, 0.3) is 22.4 Å². The summed E-state index contributed by atoms with van der Waals surface area (Å²) in [4.78, 5) is 4.43. The van der Waals surface area contributed by atoms with Crippen LogP contribution < -0.4 is 5.32 Å². The van der Waals surface area contributed by atoms with E-state index in [2.05, 4.69) is 44.8 Å². The fourth-order valence-corrected chi connectivity index (χ4v) is 3.23. The highest BCUT2D eigenvalue weighted by molar-refractivity contribution is 6.30. The quantitative estimate of drug-likeness (QED) is 0.472. The maximum absolute atomic E-state index is 6.14. The molecule has 2 aromatic carbocycles. The Bertz CT molecular complexity index is 1030. The van der Waals surface area contributed by atoms with Crippen LogP contribution >= 0.6 is 11.6 Å². The Kier molecular flexibility index (Phi) is 5.17. The number of aromatic amines is 1. The van der Waals surface area contributed by atoms with Gasteiger partial charge in [-0.15, -0.1) is 0 Å². The van der Waals surface area contributed by atoms with E-state index < -0.39 is 0 Å². The lowest BCUT2D eigenvalue weighted by atomic mass is 10.0. The first-order valence-electron chi connectivity index (χ1n) is 8.83. The van der Waals surface area contributed by atoms with E-state index in [0.29, 0.717) is 5.02 Å². The molecule has 0 aliphatic carbocycles. The molecule has 0 unspecified atom stereocenters. The minimum Gasteiger partial charge on any atom is -0.370 e. The fraction of sp³-hybridized carbons (Fsp3) is 0.0909. The smallest absolute Gasteiger partial charge is 0.126 e. The molecular weight excluding hydrogens is 356 g/mol. The van der Waals surface area contributed by atoms with Crippen molar-refractivity contribution >= 4 is 17.4 Å². The number of nitrogens with zero attached hydrogens (tertiary/aromatic N) is 2. The zero-order chi connectivity index (χ0) is 18.5. The third kappa shape index (κ3) is 4.18. The van der Waals surface area contributed by atoms with Crippen LogP contribution in [-0.4, -0.2) is 21.7 Å². The molecule has 0 saturated heterocycles. The van der Waals surface area contributed by atoms with Crippen molar-refractivity contribution in [2.75, 3.05) is 11.9 Å². The zero-order valence-electron chi connectivity index (χ0n) is 14.7. The lowest BCUT2D eigenvalue weighted by molar-refractivity contribution is 1.01. The maximum Gasteiger partial charge on any atom is 0.126 e. The molecule has 2 N–H and O–H groups in total. The maximum atomic E-state index is 6.14. The highest BCUT2D eigenvalue weighted by Gasteiger charge is 2.11. The largest absolute Gasteiger partial charge is 0.370 e. The van der Waals surface area contributed by atoms with Crippen LogP contribution in [0.5, 0.6) is 0 Å². The molecule has 0 aliphatic rings. The first kappa shape index (κ1) is 17.3. The Balaban J connectivity index is 1.52. The molecule has 4 rings (SSSR count). The molecule has 0 spiro atoms. The number of H-pyrrole nitrogens is 1. The Morgan fingerprint density at radius 3 is 2.67 bits per heavy atom. The molecule has 0 aliphatic heterocycles. The van der Waals surface area contributed by atoms with Crippen LogP contribution in [0.2, 0.25) is 5.02 Å². The van der Waals surface area contributed by atoms with Crippen LogP contribution in [0.1, 0.15) is 5.56 Å². The topological polar surface area (TPSA) is 53.6 Å². The SMILES string of the molecule is Clc1cccc(-c2n[nH]cc2-c2ccnc(NCCc3ccccc3)c2)c1. The number of anilines is 1. The van der Waals surface area contributed by atoms with Crippen molar-refractivity contribution in [3.63, 3.8) is 0 Å². The molecule has 0 saturated carbocycles. The first-order valence-corrected chi connectivity index (χ1v) is 9.21. The molecule has 4 nitrogen and oxygen atoms in total. The normalized spacial score (nSPS) is 10.7.